The minimum atomic E-state index is -2.90. The van der Waals surface area contributed by atoms with Gasteiger partial charge < -0.3 is 9.26 Å². The molecule has 0 saturated heterocycles. The number of carbonyl (C=O) groups is 1. The van der Waals surface area contributed by atoms with Crippen molar-refractivity contribution < 1.29 is 18.3 Å². The highest BCUT2D eigenvalue weighted by molar-refractivity contribution is 7.93. The van der Waals surface area contributed by atoms with Gasteiger partial charge in [0, 0.05) is 29.8 Å². The van der Waals surface area contributed by atoms with Crippen LogP contribution in [0.1, 0.15) is 16.4 Å². The number of amides is 1. The lowest BCUT2D eigenvalue weighted by Gasteiger charge is -2.05. The number of pyridine rings is 1. The van der Waals surface area contributed by atoms with E-state index in [1.807, 2.05) is 0 Å². The van der Waals surface area contributed by atoms with E-state index in [2.05, 4.69) is 19.5 Å². The van der Waals surface area contributed by atoms with Gasteiger partial charge >= 0.3 is 5.91 Å². The van der Waals surface area contributed by atoms with E-state index in [4.69, 9.17) is 9.26 Å². The van der Waals surface area contributed by atoms with E-state index in [9.17, 15) is 9.00 Å². The Balaban J connectivity index is 1.85. The number of carbonyl (C=O) groups excluding carboxylic acids is 1. The smallest absolute Gasteiger partial charge is 0.303 e. The van der Waals surface area contributed by atoms with Crippen LogP contribution in [0.5, 0.6) is 5.75 Å². The van der Waals surface area contributed by atoms with E-state index in [1.54, 1.807) is 37.3 Å². The van der Waals surface area contributed by atoms with Gasteiger partial charge in [-0.3, -0.25) is 9.78 Å². The molecule has 0 radical (unpaired) electrons. The average molecular weight is 372 g/mol. The number of hydrogen-bond acceptors (Lipinski definition) is 7. The number of hydrogen-bond donors (Lipinski definition) is 0. The zero-order valence-electron chi connectivity index (χ0n) is 14.4. The lowest BCUT2D eigenvalue weighted by atomic mass is 10.2. The van der Waals surface area contributed by atoms with Crippen LogP contribution < -0.4 is 4.74 Å². The minimum Gasteiger partial charge on any atom is -0.497 e. The predicted molar refractivity (Wildman–Crippen MR) is 94.4 cm³/mol. The van der Waals surface area contributed by atoms with Crippen LogP contribution in [0.3, 0.4) is 0 Å². The maximum absolute atomic E-state index is 12.8. The predicted octanol–water partition coefficient (Wildman–Crippen LogP) is 2.75. The molecule has 0 aliphatic rings. The molecule has 134 valence electrons. The molecular formula is C17H16N4O4S. The maximum Gasteiger partial charge on any atom is 0.303 e. The molecule has 1 amide bonds. The summed E-state index contributed by atoms with van der Waals surface area (Å²) in [6.45, 7) is 1.68. The summed E-state index contributed by atoms with van der Waals surface area (Å²) in [6.07, 6.45) is 2.85. The van der Waals surface area contributed by atoms with Gasteiger partial charge in [0.25, 0.3) is 0 Å². The second-order valence-corrected chi connectivity index (χ2v) is 7.70. The fourth-order valence-corrected chi connectivity index (χ4v) is 3.31. The number of aromatic nitrogens is 3. The van der Waals surface area contributed by atoms with Gasteiger partial charge in [-0.1, -0.05) is 5.16 Å². The first-order valence-corrected chi connectivity index (χ1v) is 9.48. The van der Waals surface area contributed by atoms with Crippen LogP contribution in [0.2, 0.25) is 0 Å². The lowest BCUT2D eigenvalue weighted by Crippen LogP contribution is -2.05. The number of methoxy groups -OCH3 is 1. The summed E-state index contributed by atoms with van der Waals surface area (Å²) >= 11 is 0. The molecule has 0 N–H and O–H groups in total. The van der Waals surface area contributed by atoms with Crippen molar-refractivity contribution in [2.24, 2.45) is 4.36 Å². The molecule has 0 fully saturated rings. The molecule has 0 aliphatic carbocycles. The van der Waals surface area contributed by atoms with E-state index < -0.39 is 15.6 Å². The van der Waals surface area contributed by atoms with Gasteiger partial charge in [-0.2, -0.15) is 9.35 Å². The molecule has 0 saturated carbocycles. The van der Waals surface area contributed by atoms with E-state index in [-0.39, 0.29) is 5.69 Å². The van der Waals surface area contributed by atoms with Crippen molar-refractivity contribution in [1.82, 2.24) is 15.1 Å². The monoisotopic (exact) mass is 372 g/mol. The van der Waals surface area contributed by atoms with Crippen LogP contribution >= 0.6 is 0 Å². The second kappa shape index (κ2) is 7.04. The summed E-state index contributed by atoms with van der Waals surface area (Å²) in [5.41, 5.74) is 0.683. The van der Waals surface area contributed by atoms with Gasteiger partial charge in [0.05, 0.1) is 16.8 Å². The van der Waals surface area contributed by atoms with Crippen molar-refractivity contribution in [2.45, 2.75) is 11.8 Å². The molecule has 0 aliphatic heterocycles. The minimum absolute atomic E-state index is 0.0806. The van der Waals surface area contributed by atoms with Gasteiger partial charge in [0.15, 0.2) is 0 Å². The molecule has 26 heavy (non-hydrogen) atoms. The molecule has 0 bridgehead atoms. The average Bonchev–Trinajstić information content (AvgIpc) is 3.08. The number of ether oxygens (including phenoxy) is 1. The van der Waals surface area contributed by atoms with Gasteiger partial charge in [-0.05, 0) is 36.4 Å². The summed E-state index contributed by atoms with van der Waals surface area (Å²) in [5.74, 6) is 0.775. The Hall–Kier alpha value is -3.07. The first-order valence-electron chi connectivity index (χ1n) is 7.56. The molecule has 3 aromatic rings. The second-order valence-electron chi connectivity index (χ2n) is 5.44. The summed E-state index contributed by atoms with van der Waals surface area (Å²) in [4.78, 5) is 20.9. The first-order chi connectivity index (χ1) is 12.4. The molecule has 2 aromatic heterocycles. The maximum atomic E-state index is 12.8. The van der Waals surface area contributed by atoms with Crippen molar-refractivity contribution >= 4 is 15.6 Å². The number of nitrogens with zero attached hydrogens (tertiary/aromatic N) is 4. The Morgan fingerprint density at radius 2 is 1.92 bits per heavy atom. The molecule has 8 nitrogen and oxygen atoms in total. The first kappa shape index (κ1) is 17.7. The topological polar surface area (TPSA) is 108 Å². The highest BCUT2D eigenvalue weighted by Gasteiger charge is 2.14. The molecular weight excluding hydrogens is 356 g/mol. The SMILES string of the molecule is COc1ccc(S(C)(=O)=NC(=O)c2ccc(-c3noc(C)n3)cn2)cc1. The molecule has 2 heterocycles. The van der Waals surface area contributed by atoms with Gasteiger partial charge in [0.1, 0.15) is 11.4 Å². The summed E-state index contributed by atoms with van der Waals surface area (Å²) in [5, 5.41) is 3.78. The van der Waals surface area contributed by atoms with Crippen LogP contribution in [-0.2, 0) is 9.73 Å². The Kier molecular flexibility index (Phi) is 4.81. The largest absolute Gasteiger partial charge is 0.497 e. The molecule has 9 heteroatoms. The molecule has 0 spiro atoms. The highest BCUT2D eigenvalue weighted by Crippen LogP contribution is 2.18. The van der Waals surface area contributed by atoms with Crippen molar-refractivity contribution in [3.05, 3.63) is 54.2 Å². The van der Waals surface area contributed by atoms with Crippen molar-refractivity contribution in [2.75, 3.05) is 13.4 Å². The van der Waals surface area contributed by atoms with Crippen molar-refractivity contribution in [1.29, 1.82) is 0 Å². The van der Waals surface area contributed by atoms with Crippen molar-refractivity contribution in [3.8, 4) is 17.1 Å². The quantitative estimate of drug-likeness (QED) is 0.693. The van der Waals surface area contributed by atoms with Crippen LogP contribution in [0.25, 0.3) is 11.4 Å². The standard InChI is InChI=1S/C17H16N4O4S/c1-11-19-16(20-25-11)12-4-9-15(18-10-12)17(22)21-26(3,23)14-7-5-13(24-2)6-8-14/h4-10H,1-3H3. The Labute approximate surface area is 150 Å². The third-order valence-corrected chi connectivity index (χ3v) is 5.18. The van der Waals surface area contributed by atoms with Crippen LogP contribution in [0, 0.1) is 6.92 Å². The van der Waals surface area contributed by atoms with Gasteiger partial charge in [-0.25, -0.2) is 4.21 Å². The number of aryl methyl sites for hydroxylation is 1. The van der Waals surface area contributed by atoms with E-state index in [0.717, 1.165) is 0 Å². The summed E-state index contributed by atoms with van der Waals surface area (Å²) in [7, 11) is -1.36. The molecule has 1 atom stereocenters. The van der Waals surface area contributed by atoms with Crippen LogP contribution in [0.15, 0.2) is 56.4 Å². The highest BCUT2D eigenvalue weighted by atomic mass is 32.2. The number of benzene rings is 1. The normalized spacial score (nSPS) is 13.0. The number of rotatable bonds is 4. The molecule has 1 unspecified atom stereocenters. The zero-order valence-corrected chi connectivity index (χ0v) is 15.2. The Morgan fingerprint density at radius 3 is 2.46 bits per heavy atom. The molecule has 3 rings (SSSR count). The lowest BCUT2D eigenvalue weighted by molar-refractivity contribution is 0.100. The Morgan fingerprint density at radius 1 is 1.19 bits per heavy atom. The Bertz CT molecular complexity index is 1050. The zero-order chi connectivity index (χ0) is 18.7. The third kappa shape index (κ3) is 3.77. The summed E-state index contributed by atoms with van der Waals surface area (Å²) < 4.78 is 26.6. The fraction of sp³-hybridized carbons (Fsp3) is 0.176. The van der Waals surface area contributed by atoms with E-state index >= 15 is 0 Å². The van der Waals surface area contributed by atoms with Gasteiger partial charge in [-0.15, -0.1) is 0 Å². The molecule has 1 aromatic carbocycles. The summed E-state index contributed by atoms with van der Waals surface area (Å²) in [6, 6.07) is 9.68. The van der Waals surface area contributed by atoms with Crippen LogP contribution in [-0.4, -0.2) is 38.6 Å². The van der Waals surface area contributed by atoms with Crippen molar-refractivity contribution in [3.63, 3.8) is 0 Å². The fourth-order valence-electron chi connectivity index (χ4n) is 2.16. The van der Waals surface area contributed by atoms with Crippen LogP contribution in [0.4, 0.5) is 0 Å². The van der Waals surface area contributed by atoms with E-state index in [0.29, 0.717) is 27.9 Å². The van der Waals surface area contributed by atoms with E-state index in [1.165, 1.54) is 25.6 Å². The third-order valence-electron chi connectivity index (χ3n) is 3.52. The van der Waals surface area contributed by atoms with Gasteiger partial charge in [0.2, 0.25) is 11.7 Å².